The molecule has 1 amide bonds. The van der Waals surface area contributed by atoms with Crippen LogP contribution in [0.3, 0.4) is 0 Å². The molecule has 0 saturated carbocycles. The van der Waals surface area contributed by atoms with Crippen LogP contribution in [0.2, 0.25) is 10.0 Å². The number of thioether (sulfide) groups is 1. The first kappa shape index (κ1) is 27.0. The zero-order valence-corrected chi connectivity index (χ0v) is 23.1. The smallest absolute Gasteiger partial charge is 0.296 e. The molecule has 0 aliphatic carbocycles. The number of aliphatic hydroxyl groups is 1. The van der Waals surface area contributed by atoms with Crippen molar-refractivity contribution in [1.29, 1.82) is 0 Å². The minimum absolute atomic E-state index is 0.0233. The van der Waals surface area contributed by atoms with Gasteiger partial charge in [0.25, 0.3) is 5.91 Å². The van der Waals surface area contributed by atoms with Crippen LogP contribution >= 0.6 is 46.3 Å². The Kier molecular flexibility index (Phi) is 8.04. The Balaban J connectivity index is 1.45. The van der Waals surface area contributed by atoms with E-state index in [0.717, 1.165) is 22.5 Å². The molecular weight excluding hydrogens is 577 g/mol. The SMILES string of the molecule is O=C(/C=C/c1ccccc1)C1=C(O)C(=O)N(c2nnc(SCc3ccc(Cl)cc3Cl)s2)C1c1ccc(O)cc1. The van der Waals surface area contributed by atoms with Gasteiger partial charge in [0.05, 0.1) is 11.6 Å². The van der Waals surface area contributed by atoms with Crippen LogP contribution in [0.1, 0.15) is 22.7 Å². The number of benzene rings is 3. The Morgan fingerprint density at radius 1 is 1.03 bits per heavy atom. The van der Waals surface area contributed by atoms with Gasteiger partial charge in [-0.3, -0.25) is 14.5 Å². The number of anilines is 1. The number of hydrogen-bond acceptors (Lipinski definition) is 8. The number of halogens is 2. The summed E-state index contributed by atoms with van der Waals surface area (Å²) in [5.74, 6) is -1.43. The van der Waals surface area contributed by atoms with Gasteiger partial charge in [0.15, 0.2) is 15.9 Å². The molecule has 4 aromatic rings. The third-order valence-corrected chi connectivity index (χ3v) is 8.57. The van der Waals surface area contributed by atoms with Crippen molar-refractivity contribution in [3.8, 4) is 5.75 Å². The number of aromatic nitrogens is 2. The summed E-state index contributed by atoms with van der Waals surface area (Å²) < 4.78 is 0.566. The molecule has 1 unspecified atom stereocenters. The molecule has 1 aliphatic heterocycles. The normalized spacial score (nSPS) is 15.5. The van der Waals surface area contributed by atoms with Crippen LogP contribution in [-0.2, 0) is 15.3 Å². The first-order valence-corrected chi connectivity index (χ1v) is 14.1. The number of ketones is 1. The van der Waals surface area contributed by atoms with Crippen molar-refractivity contribution in [2.45, 2.75) is 16.1 Å². The summed E-state index contributed by atoms with van der Waals surface area (Å²) in [5.41, 5.74) is 2.08. The van der Waals surface area contributed by atoms with Gasteiger partial charge in [0.1, 0.15) is 5.75 Å². The Bertz CT molecular complexity index is 1600. The molecule has 196 valence electrons. The van der Waals surface area contributed by atoms with Gasteiger partial charge < -0.3 is 10.2 Å². The topological polar surface area (TPSA) is 104 Å². The molecule has 2 N–H and O–H groups in total. The molecule has 2 heterocycles. The zero-order chi connectivity index (χ0) is 27.5. The van der Waals surface area contributed by atoms with E-state index < -0.39 is 23.5 Å². The minimum Gasteiger partial charge on any atom is -0.508 e. The largest absolute Gasteiger partial charge is 0.508 e. The van der Waals surface area contributed by atoms with Gasteiger partial charge in [-0.15, -0.1) is 10.2 Å². The van der Waals surface area contributed by atoms with Crippen LogP contribution < -0.4 is 4.90 Å². The summed E-state index contributed by atoms with van der Waals surface area (Å²) in [6, 6.07) is 19.6. The van der Waals surface area contributed by atoms with E-state index in [-0.39, 0.29) is 16.5 Å². The second-order valence-electron chi connectivity index (χ2n) is 8.41. The number of carbonyl (C=O) groups is 2. The summed E-state index contributed by atoms with van der Waals surface area (Å²) in [7, 11) is 0. The van der Waals surface area contributed by atoms with Gasteiger partial charge >= 0.3 is 0 Å². The number of phenolic OH excluding ortho intramolecular Hbond substituents is 1. The molecule has 0 saturated heterocycles. The van der Waals surface area contributed by atoms with Crippen molar-refractivity contribution >= 4 is 69.2 Å². The first-order chi connectivity index (χ1) is 18.8. The van der Waals surface area contributed by atoms with E-state index in [4.69, 9.17) is 23.2 Å². The van der Waals surface area contributed by atoms with Gasteiger partial charge in [0.2, 0.25) is 5.13 Å². The third-order valence-electron chi connectivity index (χ3n) is 5.88. The van der Waals surface area contributed by atoms with Crippen LogP contribution in [0.15, 0.2) is 94.5 Å². The first-order valence-electron chi connectivity index (χ1n) is 11.5. The highest BCUT2D eigenvalue weighted by Gasteiger charge is 2.45. The summed E-state index contributed by atoms with van der Waals surface area (Å²) in [6.45, 7) is 0. The maximum Gasteiger partial charge on any atom is 0.296 e. The molecule has 0 bridgehead atoms. The second-order valence-corrected chi connectivity index (χ2v) is 11.4. The fourth-order valence-corrected chi connectivity index (χ4v) is 6.41. The van der Waals surface area contributed by atoms with E-state index in [1.807, 2.05) is 36.4 Å². The number of phenols is 1. The minimum atomic E-state index is -0.970. The van der Waals surface area contributed by atoms with Crippen LogP contribution in [0.5, 0.6) is 5.75 Å². The van der Waals surface area contributed by atoms with Crippen LogP contribution in [0.25, 0.3) is 6.08 Å². The Labute approximate surface area is 242 Å². The maximum atomic E-state index is 13.3. The fourth-order valence-electron chi connectivity index (χ4n) is 3.99. The lowest BCUT2D eigenvalue weighted by atomic mass is 9.95. The zero-order valence-electron chi connectivity index (χ0n) is 20.0. The lowest BCUT2D eigenvalue weighted by Crippen LogP contribution is -2.30. The van der Waals surface area contributed by atoms with E-state index in [2.05, 4.69) is 10.2 Å². The molecule has 1 atom stereocenters. The third kappa shape index (κ3) is 5.86. The Morgan fingerprint density at radius 2 is 1.77 bits per heavy atom. The van der Waals surface area contributed by atoms with E-state index >= 15 is 0 Å². The molecule has 0 radical (unpaired) electrons. The number of allylic oxidation sites excluding steroid dienone is 1. The van der Waals surface area contributed by atoms with Crippen molar-refractivity contribution in [2.24, 2.45) is 0 Å². The van der Waals surface area contributed by atoms with Gasteiger partial charge in [-0.25, -0.2) is 0 Å². The van der Waals surface area contributed by atoms with E-state index in [9.17, 15) is 19.8 Å². The average molecular weight is 597 g/mol. The highest BCUT2D eigenvalue weighted by molar-refractivity contribution is 8.00. The lowest BCUT2D eigenvalue weighted by molar-refractivity contribution is -0.117. The predicted octanol–water partition coefficient (Wildman–Crippen LogP) is 7.03. The van der Waals surface area contributed by atoms with Crippen LogP contribution in [-0.4, -0.2) is 32.1 Å². The summed E-state index contributed by atoms with van der Waals surface area (Å²) in [5, 5.41) is 30.3. The second kappa shape index (κ2) is 11.6. The molecule has 1 aliphatic rings. The number of aromatic hydroxyl groups is 1. The predicted molar refractivity (Wildman–Crippen MR) is 154 cm³/mol. The standard InChI is InChI=1S/C28H19Cl2N3O4S2/c29-19-10-7-18(21(30)14-19)15-38-28-32-31-27(39-28)33-24(17-8-11-20(34)12-9-17)23(25(36)26(33)37)22(35)13-6-16-4-2-1-3-5-16/h1-14,24,34,36H,15H2/b13-6+. The maximum absolute atomic E-state index is 13.3. The van der Waals surface area contributed by atoms with Crippen molar-refractivity contribution < 1.29 is 19.8 Å². The highest BCUT2D eigenvalue weighted by Crippen LogP contribution is 2.43. The molecule has 7 nitrogen and oxygen atoms in total. The van der Waals surface area contributed by atoms with E-state index in [1.54, 1.807) is 30.3 Å². The van der Waals surface area contributed by atoms with Crippen LogP contribution in [0.4, 0.5) is 5.13 Å². The van der Waals surface area contributed by atoms with Gasteiger partial charge in [-0.1, -0.05) is 101 Å². The van der Waals surface area contributed by atoms with Gasteiger partial charge in [-0.2, -0.15) is 0 Å². The number of carbonyl (C=O) groups excluding carboxylic acids is 2. The number of aliphatic hydroxyl groups excluding tert-OH is 1. The van der Waals surface area contributed by atoms with Crippen molar-refractivity contribution in [3.05, 3.63) is 117 Å². The summed E-state index contributed by atoms with van der Waals surface area (Å²) in [4.78, 5) is 27.9. The highest BCUT2D eigenvalue weighted by atomic mass is 35.5. The van der Waals surface area contributed by atoms with Gasteiger partial charge in [0, 0.05) is 15.8 Å². The lowest BCUT2D eigenvalue weighted by Gasteiger charge is -2.23. The number of amides is 1. The van der Waals surface area contributed by atoms with E-state index in [1.165, 1.54) is 34.9 Å². The molecular formula is C28H19Cl2N3O4S2. The molecule has 0 spiro atoms. The fraction of sp³-hybridized carbons (Fsp3) is 0.0714. The molecule has 0 fully saturated rings. The molecule has 3 aromatic carbocycles. The monoisotopic (exact) mass is 595 g/mol. The molecule has 5 rings (SSSR count). The summed E-state index contributed by atoms with van der Waals surface area (Å²) >= 11 is 14.8. The average Bonchev–Trinajstić information content (AvgIpc) is 3.50. The molecule has 1 aromatic heterocycles. The Morgan fingerprint density at radius 3 is 2.49 bits per heavy atom. The van der Waals surface area contributed by atoms with E-state index in [0.29, 0.717) is 25.7 Å². The van der Waals surface area contributed by atoms with Crippen molar-refractivity contribution in [1.82, 2.24) is 10.2 Å². The number of rotatable bonds is 8. The van der Waals surface area contributed by atoms with Crippen molar-refractivity contribution in [3.63, 3.8) is 0 Å². The summed E-state index contributed by atoms with van der Waals surface area (Å²) in [6.07, 6.45) is 2.94. The number of hydrogen-bond donors (Lipinski definition) is 2. The Hall–Kier alpha value is -3.63. The van der Waals surface area contributed by atoms with Crippen molar-refractivity contribution in [2.75, 3.05) is 4.90 Å². The molecule has 39 heavy (non-hydrogen) atoms. The number of nitrogens with zero attached hydrogens (tertiary/aromatic N) is 3. The molecule has 11 heteroatoms. The van der Waals surface area contributed by atoms with Gasteiger partial charge in [-0.05, 0) is 47.0 Å². The van der Waals surface area contributed by atoms with Crippen LogP contribution in [0, 0.1) is 0 Å². The quantitative estimate of drug-likeness (QED) is 0.128.